The van der Waals surface area contributed by atoms with Gasteiger partial charge in [-0.05, 0) is 29.7 Å². The zero-order chi connectivity index (χ0) is 16.8. The van der Waals surface area contributed by atoms with Crippen LogP contribution in [0.1, 0.15) is 27.9 Å². The predicted octanol–water partition coefficient (Wildman–Crippen LogP) is 2.49. The van der Waals surface area contributed by atoms with E-state index >= 15 is 0 Å². The maximum Gasteiger partial charge on any atom is 0.253 e. The van der Waals surface area contributed by atoms with E-state index in [0.717, 1.165) is 50.3 Å². The highest BCUT2D eigenvalue weighted by Crippen LogP contribution is 2.12. The van der Waals surface area contributed by atoms with Crippen molar-refractivity contribution in [1.29, 1.82) is 0 Å². The normalized spacial score (nSPS) is 16.0. The molecule has 126 valence electrons. The first-order valence-corrected chi connectivity index (χ1v) is 8.61. The Morgan fingerprint density at radius 3 is 2.33 bits per heavy atom. The number of carbonyl (C=O) groups excluding carboxylic acids is 1. The summed E-state index contributed by atoms with van der Waals surface area (Å²) in [5.74, 6) is 0.125. The van der Waals surface area contributed by atoms with E-state index in [0.29, 0.717) is 6.54 Å². The minimum absolute atomic E-state index is 0.125. The van der Waals surface area contributed by atoms with Crippen LogP contribution < -0.4 is 5.73 Å². The molecule has 0 atom stereocenters. The van der Waals surface area contributed by atoms with E-state index in [1.807, 2.05) is 35.2 Å². The van der Waals surface area contributed by atoms with Gasteiger partial charge in [0.2, 0.25) is 0 Å². The van der Waals surface area contributed by atoms with Gasteiger partial charge in [-0.2, -0.15) is 0 Å². The molecule has 2 N–H and O–H groups in total. The molecule has 0 aromatic heterocycles. The third kappa shape index (κ3) is 4.22. The van der Waals surface area contributed by atoms with E-state index in [4.69, 9.17) is 5.73 Å². The van der Waals surface area contributed by atoms with Gasteiger partial charge in [-0.15, -0.1) is 0 Å². The lowest BCUT2D eigenvalue weighted by Gasteiger charge is -2.22. The standard InChI is InChI=1S/C20H25N3O/c21-15-17-7-9-19(10-8-17)20(24)23-12-4-11-22(13-14-23)16-18-5-2-1-3-6-18/h1-3,5-10H,4,11-16,21H2. The van der Waals surface area contributed by atoms with Crippen LogP contribution in [0.3, 0.4) is 0 Å². The van der Waals surface area contributed by atoms with Gasteiger partial charge in [-0.25, -0.2) is 0 Å². The van der Waals surface area contributed by atoms with Crippen molar-refractivity contribution in [3.8, 4) is 0 Å². The summed E-state index contributed by atoms with van der Waals surface area (Å²) in [5, 5.41) is 0. The molecule has 1 heterocycles. The van der Waals surface area contributed by atoms with Crippen molar-refractivity contribution in [2.24, 2.45) is 5.73 Å². The predicted molar refractivity (Wildman–Crippen MR) is 96.6 cm³/mol. The third-order valence-electron chi connectivity index (χ3n) is 4.56. The van der Waals surface area contributed by atoms with Crippen LogP contribution in [-0.4, -0.2) is 41.9 Å². The SMILES string of the molecule is NCc1ccc(C(=O)N2CCCN(Cc3ccccc3)CC2)cc1. The van der Waals surface area contributed by atoms with E-state index in [9.17, 15) is 4.79 Å². The molecule has 0 unspecified atom stereocenters. The first-order valence-electron chi connectivity index (χ1n) is 8.61. The molecule has 4 heteroatoms. The Hall–Kier alpha value is -2.17. The highest BCUT2D eigenvalue weighted by Gasteiger charge is 2.20. The molecule has 1 fully saturated rings. The van der Waals surface area contributed by atoms with Gasteiger partial charge in [0.25, 0.3) is 5.91 Å². The summed E-state index contributed by atoms with van der Waals surface area (Å²) in [6, 6.07) is 18.2. The largest absolute Gasteiger partial charge is 0.337 e. The Labute approximate surface area is 143 Å². The Kier molecular flexibility index (Phi) is 5.62. The van der Waals surface area contributed by atoms with Crippen molar-refractivity contribution in [3.63, 3.8) is 0 Å². The summed E-state index contributed by atoms with van der Waals surface area (Å²) in [6.45, 7) is 5.01. The number of rotatable bonds is 4. The second-order valence-electron chi connectivity index (χ2n) is 6.31. The zero-order valence-electron chi connectivity index (χ0n) is 14.0. The van der Waals surface area contributed by atoms with Gasteiger partial charge in [-0.1, -0.05) is 42.5 Å². The number of nitrogens with zero attached hydrogens (tertiary/aromatic N) is 2. The Balaban J connectivity index is 1.59. The van der Waals surface area contributed by atoms with E-state index in [2.05, 4.69) is 29.2 Å². The smallest absolute Gasteiger partial charge is 0.253 e. The molecule has 2 aromatic carbocycles. The summed E-state index contributed by atoms with van der Waals surface area (Å²) < 4.78 is 0. The fraction of sp³-hybridized carbons (Fsp3) is 0.350. The van der Waals surface area contributed by atoms with Crippen LogP contribution in [0.4, 0.5) is 0 Å². The second-order valence-corrected chi connectivity index (χ2v) is 6.31. The molecule has 1 aliphatic heterocycles. The average molecular weight is 323 g/mol. The van der Waals surface area contributed by atoms with Crippen molar-refractivity contribution in [2.75, 3.05) is 26.2 Å². The first kappa shape index (κ1) is 16.7. The number of carbonyl (C=O) groups is 1. The van der Waals surface area contributed by atoms with Crippen molar-refractivity contribution >= 4 is 5.91 Å². The molecular weight excluding hydrogens is 298 g/mol. The van der Waals surface area contributed by atoms with E-state index in [-0.39, 0.29) is 5.91 Å². The fourth-order valence-electron chi connectivity index (χ4n) is 3.14. The molecule has 0 radical (unpaired) electrons. The Morgan fingerprint density at radius 1 is 0.875 bits per heavy atom. The molecular formula is C20H25N3O. The second kappa shape index (κ2) is 8.08. The van der Waals surface area contributed by atoms with E-state index in [1.54, 1.807) is 0 Å². The minimum Gasteiger partial charge on any atom is -0.337 e. The van der Waals surface area contributed by atoms with Gasteiger partial charge < -0.3 is 10.6 Å². The summed E-state index contributed by atoms with van der Waals surface area (Å²) in [4.78, 5) is 17.1. The topological polar surface area (TPSA) is 49.6 Å². The first-order chi connectivity index (χ1) is 11.8. The maximum atomic E-state index is 12.7. The Morgan fingerprint density at radius 2 is 1.62 bits per heavy atom. The number of hydrogen-bond acceptors (Lipinski definition) is 3. The van der Waals surface area contributed by atoms with Crippen molar-refractivity contribution in [2.45, 2.75) is 19.5 Å². The molecule has 1 saturated heterocycles. The zero-order valence-corrected chi connectivity index (χ0v) is 14.0. The van der Waals surface area contributed by atoms with E-state index in [1.165, 1.54) is 5.56 Å². The average Bonchev–Trinajstić information content (AvgIpc) is 2.88. The highest BCUT2D eigenvalue weighted by atomic mass is 16.2. The van der Waals surface area contributed by atoms with Gasteiger partial charge in [0.1, 0.15) is 0 Å². The molecule has 1 aliphatic rings. The lowest BCUT2D eigenvalue weighted by Crippen LogP contribution is -2.35. The Bertz CT molecular complexity index is 654. The number of benzene rings is 2. The van der Waals surface area contributed by atoms with Gasteiger partial charge in [-0.3, -0.25) is 9.69 Å². The number of amides is 1. The molecule has 24 heavy (non-hydrogen) atoms. The molecule has 0 spiro atoms. The van der Waals surface area contributed by atoms with Crippen molar-refractivity contribution in [1.82, 2.24) is 9.80 Å². The summed E-state index contributed by atoms with van der Waals surface area (Å²) in [5.41, 5.74) is 8.75. The highest BCUT2D eigenvalue weighted by molar-refractivity contribution is 5.94. The van der Waals surface area contributed by atoms with Crippen LogP contribution >= 0.6 is 0 Å². The van der Waals surface area contributed by atoms with Gasteiger partial charge >= 0.3 is 0 Å². The summed E-state index contributed by atoms with van der Waals surface area (Å²) >= 11 is 0. The quantitative estimate of drug-likeness (QED) is 0.940. The van der Waals surface area contributed by atoms with Gasteiger partial charge in [0.05, 0.1) is 0 Å². The van der Waals surface area contributed by atoms with E-state index < -0.39 is 0 Å². The number of hydrogen-bond donors (Lipinski definition) is 1. The molecule has 2 aromatic rings. The molecule has 4 nitrogen and oxygen atoms in total. The van der Waals surface area contributed by atoms with Crippen LogP contribution in [0, 0.1) is 0 Å². The minimum atomic E-state index is 0.125. The van der Waals surface area contributed by atoms with Crippen LogP contribution in [0.15, 0.2) is 54.6 Å². The summed E-state index contributed by atoms with van der Waals surface area (Å²) in [7, 11) is 0. The van der Waals surface area contributed by atoms with Crippen molar-refractivity contribution < 1.29 is 4.79 Å². The van der Waals surface area contributed by atoms with Crippen LogP contribution in [0.5, 0.6) is 0 Å². The number of nitrogens with two attached hydrogens (primary N) is 1. The fourth-order valence-corrected chi connectivity index (χ4v) is 3.14. The summed E-state index contributed by atoms with van der Waals surface area (Å²) in [6.07, 6.45) is 1.01. The maximum absolute atomic E-state index is 12.7. The van der Waals surface area contributed by atoms with Crippen LogP contribution in [0.2, 0.25) is 0 Å². The molecule has 0 bridgehead atoms. The molecule has 0 saturated carbocycles. The van der Waals surface area contributed by atoms with Gasteiger partial charge in [0.15, 0.2) is 0 Å². The monoisotopic (exact) mass is 323 g/mol. The van der Waals surface area contributed by atoms with Crippen LogP contribution in [0.25, 0.3) is 0 Å². The van der Waals surface area contributed by atoms with Crippen LogP contribution in [-0.2, 0) is 13.1 Å². The lowest BCUT2D eigenvalue weighted by atomic mass is 10.1. The lowest BCUT2D eigenvalue weighted by molar-refractivity contribution is 0.0761. The van der Waals surface area contributed by atoms with Crippen molar-refractivity contribution in [3.05, 3.63) is 71.3 Å². The van der Waals surface area contributed by atoms with Gasteiger partial charge in [0, 0.05) is 44.8 Å². The molecule has 0 aliphatic carbocycles. The third-order valence-corrected chi connectivity index (χ3v) is 4.56. The molecule has 1 amide bonds. The molecule has 3 rings (SSSR count).